The van der Waals surface area contributed by atoms with Gasteiger partial charge in [0.2, 0.25) is 5.91 Å². The summed E-state index contributed by atoms with van der Waals surface area (Å²) in [6.07, 6.45) is 2.28. The monoisotopic (exact) mass is 233 g/mol. The summed E-state index contributed by atoms with van der Waals surface area (Å²) >= 11 is 0. The molecule has 1 aromatic rings. The van der Waals surface area contributed by atoms with Crippen molar-refractivity contribution in [2.75, 3.05) is 0 Å². The maximum absolute atomic E-state index is 11.5. The first-order valence-corrected chi connectivity index (χ1v) is 6.19. The number of carbonyl (C=O) groups excluding carboxylic acids is 1. The molecular weight excluding hydrogens is 214 g/mol. The highest BCUT2D eigenvalue weighted by atomic mass is 16.3. The Balaban J connectivity index is 1.96. The van der Waals surface area contributed by atoms with E-state index in [1.165, 1.54) is 25.3 Å². The smallest absolute Gasteiger partial charge is 0.248 e. The first-order valence-electron chi connectivity index (χ1n) is 6.19. The van der Waals surface area contributed by atoms with E-state index in [1.807, 2.05) is 18.2 Å². The molecule has 1 saturated carbocycles. The van der Waals surface area contributed by atoms with Crippen LogP contribution in [-0.4, -0.2) is 23.2 Å². The highest BCUT2D eigenvalue weighted by Crippen LogP contribution is 2.34. The Morgan fingerprint density at radius 1 is 1.41 bits per heavy atom. The maximum Gasteiger partial charge on any atom is 0.248 e. The van der Waals surface area contributed by atoms with E-state index >= 15 is 0 Å². The molecule has 1 fully saturated rings. The van der Waals surface area contributed by atoms with E-state index in [0.717, 1.165) is 6.42 Å². The zero-order valence-electron chi connectivity index (χ0n) is 10.1. The molecule has 1 amide bonds. The second-order valence-corrected chi connectivity index (χ2v) is 4.82. The van der Waals surface area contributed by atoms with Crippen LogP contribution in [0, 0.1) is 5.92 Å². The average molecular weight is 233 g/mol. The van der Waals surface area contributed by atoms with Gasteiger partial charge in [0.15, 0.2) is 0 Å². The molecule has 2 N–H and O–H groups in total. The van der Waals surface area contributed by atoms with E-state index in [9.17, 15) is 9.90 Å². The largest absolute Gasteiger partial charge is 0.384 e. The number of benzene rings is 1. The number of carbonyl (C=O) groups is 1. The molecule has 17 heavy (non-hydrogen) atoms. The van der Waals surface area contributed by atoms with Crippen molar-refractivity contribution in [1.82, 2.24) is 5.32 Å². The van der Waals surface area contributed by atoms with Gasteiger partial charge in [-0.2, -0.15) is 0 Å². The number of aliphatic hydroxyl groups is 1. The van der Waals surface area contributed by atoms with Crippen LogP contribution < -0.4 is 5.32 Å². The molecule has 0 aliphatic heterocycles. The van der Waals surface area contributed by atoms with E-state index in [4.69, 9.17) is 0 Å². The zero-order chi connectivity index (χ0) is 12.3. The molecule has 3 nitrogen and oxygen atoms in total. The number of amides is 1. The number of nitrogens with one attached hydrogen (secondary N) is 1. The molecule has 0 saturated heterocycles. The van der Waals surface area contributed by atoms with Gasteiger partial charge in [-0.15, -0.1) is 0 Å². The molecule has 1 aliphatic rings. The van der Waals surface area contributed by atoms with Gasteiger partial charge in [0.1, 0.15) is 6.10 Å². The molecule has 0 heterocycles. The van der Waals surface area contributed by atoms with E-state index in [2.05, 4.69) is 17.4 Å². The lowest BCUT2D eigenvalue weighted by Crippen LogP contribution is -2.42. The van der Waals surface area contributed by atoms with Crippen molar-refractivity contribution in [2.45, 2.75) is 38.3 Å². The maximum atomic E-state index is 11.5. The first-order chi connectivity index (χ1) is 8.16. The van der Waals surface area contributed by atoms with Gasteiger partial charge >= 0.3 is 0 Å². The third-order valence-electron chi connectivity index (χ3n) is 3.20. The van der Waals surface area contributed by atoms with Gasteiger partial charge in [-0.05, 0) is 37.7 Å². The van der Waals surface area contributed by atoms with Gasteiger partial charge in [0, 0.05) is 6.04 Å². The second-order valence-electron chi connectivity index (χ2n) is 4.82. The average Bonchev–Trinajstić information content (AvgIpc) is 3.13. The van der Waals surface area contributed by atoms with Crippen molar-refractivity contribution < 1.29 is 9.90 Å². The second kappa shape index (κ2) is 5.32. The summed E-state index contributed by atoms with van der Waals surface area (Å²) in [7, 11) is 0. The Kier molecular flexibility index (Phi) is 3.79. The summed E-state index contributed by atoms with van der Waals surface area (Å²) in [5.74, 6) is 0.315. The summed E-state index contributed by atoms with van der Waals surface area (Å²) in [4.78, 5) is 11.5. The minimum atomic E-state index is -0.924. The lowest BCUT2D eigenvalue weighted by Gasteiger charge is -2.19. The molecule has 1 aromatic carbocycles. The SMILES string of the molecule is CC(O)C(=O)NC(Cc1ccccc1)C1CC1. The van der Waals surface area contributed by atoms with Crippen LogP contribution in [0.5, 0.6) is 0 Å². The van der Waals surface area contributed by atoms with Crippen molar-refractivity contribution in [3.8, 4) is 0 Å². The van der Waals surface area contributed by atoms with E-state index < -0.39 is 6.10 Å². The highest BCUT2D eigenvalue weighted by Gasteiger charge is 2.32. The van der Waals surface area contributed by atoms with Crippen molar-refractivity contribution >= 4 is 5.91 Å². The molecular formula is C14H19NO2. The Morgan fingerprint density at radius 2 is 2.06 bits per heavy atom. The minimum Gasteiger partial charge on any atom is -0.384 e. The van der Waals surface area contributed by atoms with Gasteiger partial charge in [-0.3, -0.25) is 4.79 Å². The van der Waals surface area contributed by atoms with Crippen molar-refractivity contribution in [3.05, 3.63) is 35.9 Å². The molecule has 1 aliphatic carbocycles. The van der Waals surface area contributed by atoms with Crippen LogP contribution in [0.25, 0.3) is 0 Å². The Bertz CT molecular complexity index is 371. The van der Waals surface area contributed by atoms with Gasteiger partial charge in [0.05, 0.1) is 0 Å². The molecule has 0 aromatic heterocycles. The molecule has 2 atom stereocenters. The lowest BCUT2D eigenvalue weighted by molar-refractivity contribution is -0.129. The lowest BCUT2D eigenvalue weighted by atomic mass is 10.0. The molecule has 3 heteroatoms. The van der Waals surface area contributed by atoms with Gasteiger partial charge in [-0.1, -0.05) is 30.3 Å². The topological polar surface area (TPSA) is 49.3 Å². The Morgan fingerprint density at radius 3 is 2.59 bits per heavy atom. The number of hydrogen-bond acceptors (Lipinski definition) is 2. The van der Waals surface area contributed by atoms with Crippen LogP contribution >= 0.6 is 0 Å². The zero-order valence-corrected chi connectivity index (χ0v) is 10.1. The standard InChI is InChI=1S/C14H19NO2/c1-10(16)14(17)15-13(12-7-8-12)9-11-5-3-2-4-6-11/h2-6,10,12-13,16H,7-9H2,1H3,(H,15,17). The third-order valence-corrected chi connectivity index (χ3v) is 3.20. The summed E-state index contributed by atoms with van der Waals surface area (Å²) in [6, 6.07) is 10.3. The minimum absolute atomic E-state index is 0.166. The van der Waals surface area contributed by atoms with Gasteiger partial charge < -0.3 is 10.4 Å². The predicted molar refractivity (Wildman–Crippen MR) is 66.5 cm³/mol. The molecule has 2 rings (SSSR count). The summed E-state index contributed by atoms with van der Waals surface area (Å²) < 4.78 is 0. The van der Waals surface area contributed by atoms with Crippen LogP contribution in [0.4, 0.5) is 0 Å². The Labute approximate surface area is 102 Å². The normalized spacial score (nSPS) is 18.5. The summed E-state index contributed by atoms with van der Waals surface area (Å²) in [5.41, 5.74) is 1.23. The summed E-state index contributed by atoms with van der Waals surface area (Å²) in [6.45, 7) is 1.50. The number of aliphatic hydroxyl groups excluding tert-OH is 1. The fraction of sp³-hybridized carbons (Fsp3) is 0.500. The molecule has 0 bridgehead atoms. The summed E-state index contributed by atoms with van der Waals surface area (Å²) in [5, 5.41) is 12.2. The van der Waals surface area contributed by atoms with Gasteiger partial charge in [0.25, 0.3) is 0 Å². The van der Waals surface area contributed by atoms with Gasteiger partial charge in [-0.25, -0.2) is 0 Å². The Hall–Kier alpha value is -1.35. The predicted octanol–water partition coefficient (Wildman–Crippen LogP) is 1.50. The van der Waals surface area contributed by atoms with E-state index in [0.29, 0.717) is 5.92 Å². The van der Waals surface area contributed by atoms with Crippen LogP contribution in [0.2, 0.25) is 0 Å². The van der Waals surface area contributed by atoms with Crippen LogP contribution in [0.15, 0.2) is 30.3 Å². The number of rotatable bonds is 5. The molecule has 0 radical (unpaired) electrons. The third kappa shape index (κ3) is 3.56. The molecule has 0 spiro atoms. The molecule has 92 valence electrons. The first kappa shape index (κ1) is 12.1. The fourth-order valence-corrected chi connectivity index (χ4v) is 2.01. The van der Waals surface area contributed by atoms with Crippen LogP contribution in [-0.2, 0) is 11.2 Å². The van der Waals surface area contributed by atoms with E-state index in [-0.39, 0.29) is 11.9 Å². The molecule has 2 unspecified atom stereocenters. The number of hydrogen-bond donors (Lipinski definition) is 2. The van der Waals surface area contributed by atoms with Crippen LogP contribution in [0.3, 0.4) is 0 Å². The van der Waals surface area contributed by atoms with E-state index in [1.54, 1.807) is 0 Å². The van der Waals surface area contributed by atoms with Crippen molar-refractivity contribution in [2.24, 2.45) is 5.92 Å². The van der Waals surface area contributed by atoms with Crippen LogP contribution in [0.1, 0.15) is 25.3 Å². The fourth-order valence-electron chi connectivity index (χ4n) is 2.01. The van der Waals surface area contributed by atoms with Crippen molar-refractivity contribution in [1.29, 1.82) is 0 Å². The quantitative estimate of drug-likeness (QED) is 0.810. The van der Waals surface area contributed by atoms with Crippen molar-refractivity contribution in [3.63, 3.8) is 0 Å². The highest BCUT2D eigenvalue weighted by molar-refractivity contribution is 5.80.